The summed E-state index contributed by atoms with van der Waals surface area (Å²) in [5.74, 6) is 0.0926. The number of hydrogen-bond donors (Lipinski definition) is 1. The Morgan fingerprint density at radius 3 is 2.83 bits per heavy atom. The molecule has 0 unspecified atom stereocenters. The number of nitrogens with one attached hydrogen (secondary N) is 1. The molecule has 1 aromatic carbocycles. The zero-order chi connectivity index (χ0) is 13.0. The SMILES string of the molecule is Cc1ccc(NCC(=O)N2CCOCC2)cc1Cl. The monoisotopic (exact) mass is 268 g/mol. The molecular formula is C13H17ClN2O2. The molecule has 0 atom stereocenters. The summed E-state index contributed by atoms with van der Waals surface area (Å²) in [5.41, 5.74) is 1.90. The molecule has 1 aliphatic heterocycles. The van der Waals surface area contributed by atoms with Gasteiger partial charge in [-0.25, -0.2) is 0 Å². The molecule has 1 amide bonds. The van der Waals surface area contributed by atoms with Crippen LogP contribution in [0.15, 0.2) is 18.2 Å². The molecule has 0 radical (unpaired) electrons. The maximum atomic E-state index is 11.9. The Balaban J connectivity index is 1.86. The topological polar surface area (TPSA) is 41.6 Å². The second-order valence-corrected chi connectivity index (χ2v) is 4.72. The number of morpholine rings is 1. The van der Waals surface area contributed by atoms with E-state index in [-0.39, 0.29) is 5.91 Å². The van der Waals surface area contributed by atoms with Crippen LogP contribution in [-0.4, -0.2) is 43.7 Å². The third-order valence-corrected chi connectivity index (χ3v) is 3.39. The number of benzene rings is 1. The molecule has 0 saturated carbocycles. The average Bonchev–Trinajstić information content (AvgIpc) is 2.41. The van der Waals surface area contributed by atoms with Gasteiger partial charge in [0.15, 0.2) is 0 Å². The van der Waals surface area contributed by atoms with Gasteiger partial charge in [0.05, 0.1) is 19.8 Å². The fraction of sp³-hybridized carbons (Fsp3) is 0.462. The lowest BCUT2D eigenvalue weighted by molar-refractivity contribution is -0.133. The van der Waals surface area contributed by atoms with Crippen molar-refractivity contribution in [3.05, 3.63) is 28.8 Å². The predicted molar refractivity (Wildman–Crippen MR) is 72.1 cm³/mol. The Morgan fingerprint density at radius 2 is 2.17 bits per heavy atom. The lowest BCUT2D eigenvalue weighted by Crippen LogP contribution is -2.43. The van der Waals surface area contributed by atoms with Crippen LogP contribution in [0.5, 0.6) is 0 Å². The van der Waals surface area contributed by atoms with Crippen molar-refractivity contribution in [3.8, 4) is 0 Å². The first-order valence-electron chi connectivity index (χ1n) is 6.02. The minimum absolute atomic E-state index is 0.0926. The first-order chi connectivity index (χ1) is 8.66. The first-order valence-corrected chi connectivity index (χ1v) is 6.40. The van der Waals surface area contributed by atoms with E-state index in [2.05, 4.69) is 5.32 Å². The number of halogens is 1. The number of ether oxygens (including phenoxy) is 1. The smallest absolute Gasteiger partial charge is 0.242 e. The third kappa shape index (κ3) is 3.37. The fourth-order valence-electron chi connectivity index (χ4n) is 1.81. The van der Waals surface area contributed by atoms with E-state index in [0.717, 1.165) is 11.3 Å². The third-order valence-electron chi connectivity index (χ3n) is 2.98. The quantitative estimate of drug-likeness (QED) is 0.911. The van der Waals surface area contributed by atoms with Crippen molar-refractivity contribution in [1.82, 2.24) is 4.90 Å². The van der Waals surface area contributed by atoms with Crippen LogP contribution in [0, 0.1) is 6.92 Å². The maximum absolute atomic E-state index is 11.9. The maximum Gasteiger partial charge on any atom is 0.242 e. The molecule has 1 N–H and O–H groups in total. The molecule has 0 bridgehead atoms. The van der Waals surface area contributed by atoms with Gasteiger partial charge in [-0.15, -0.1) is 0 Å². The van der Waals surface area contributed by atoms with Crippen LogP contribution in [0.25, 0.3) is 0 Å². The van der Waals surface area contributed by atoms with E-state index >= 15 is 0 Å². The zero-order valence-electron chi connectivity index (χ0n) is 10.4. The van der Waals surface area contributed by atoms with E-state index in [4.69, 9.17) is 16.3 Å². The van der Waals surface area contributed by atoms with Crippen molar-refractivity contribution >= 4 is 23.2 Å². The molecule has 1 aliphatic rings. The number of anilines is 1. The van der Waals surface area contributed by atoms with Gasteiger partial charge in [-0.05, 0) is 24.6 Å². The van der Waals surface area contributed by atoms with E-state index in [1.165, 1.54) is 0 Å². The van der Waals surface area contributed by atoms with Crippen molar-refractivity contribution in [2.75, 3.05) is 38.2 Å². The van der Waals surface area contributed by atoms with Crippen LogP contribution >= 0.6 is 11.6 Å². The molecule has 5 heteroatoms. The molecule has 0 spiro atoms. The molecule has 1 saturated heterocycles. The molecule has 4 nitrogen and oxygen atoms in total. The molecular weight excluding hydrogens is 252 g/mol. The number of amides is 1. The van der Waals surface area contributed by atoms with E-state index in [9.17, 15) is 4.79 Å². The minimum Gasteiger partial charge on any atom is -0.378 e. The molecule has 2 rings (SSSR count). The summed E-state index contributed by atoms with van der Waals surface area (Å²) in [7, 11) is 0. The van der Waals surface area contributed by atoms with Gasteiger partial charge in [0.25, 0.3) is 0 Å². The van der Waals surface area contributed by atoms with E-state index in [1.807, 2.05) is 30.0 Å². The van der Waals surface area contributed by atoms with Crippen molar-refractivity contribution in [1.29, 1.82) is 0 Å². The number of rotatable bonds is 3. The predicted octanol–water partition coefficient (Wildman–Crippen LogP) is 1.92. The molecule has 0 aromatic heterocycles. The highest BCUT2D eigenvalue weighted by Gasteiger charge is 2.16. The lowest BCUT2D eigenvalue weighted by atomic mass is 10.2. The van der Waals surface area contributed by atoms with E-state index < -0.39 is 0 Å². The van der Waals surface area contributed by atoms with Gasteiger partial charge in [0.2, 0.25) is 5.91 Å². The van der Waals surface area contributed by atoms with Crippen molar-refractivity contribution in [2.24, 2.45) is 0 Å². The van der Waals surface area contributed by atoms with E-state index in [0.29, 0.717) is 37.9 Å². The summed E-state index contributed by atoms with van der Waals surface area (Å²) >= 11 is 6.03. The minimum atomic E-state index is 0.0926. The van der Waals surface area contributed by atoms with Gasteiger partial charge >= 0.3 is 0 Å². The molecule has 18 heavy (non-hydrogen) atoms. The van der Waals surface area contributed by atoms with Gasteiger partial charge in [-0.3, -0.25) is 4.79 Å². The van der Waals surface area contributed by atoms with Gasteiger partial charge in [-0.1, -0.05) is 17.7 Å². The number of hydrogen-bond acceptors (Lipinski definition) is 3. The highest BCUT2D eigenvalue weighted by molar-refractivity contribution is 6.31. The summed E-state index contributed by atoms with van der Waals surface area (Å²) < 4.78 is 5.21. The summed E-state index contributed by atoms with van der Waals surface area (Å²) in [5, 5.41) is 3.80. The molecule has 1 heterocycles. The van der Waals surface area contributed by atoms with Crippen LogP contribution in [0.1, 0.15) is 5.56 Å². The summed E-state index contributed by atoms with van der Waals surface area (Å²) in [6.45, 7) is 4.85. The highest BCUT2D eigenvalue weighted by Crippen LogP contribution is 2.19. The highest BCUT2D eigenvalue weighted by atomic mass is 35.5. The first kappa shape index (κ1) is 13.2. The van der Waals surface area contributed by atoms with Gasteiger partial charge in [-0.2, -0.15) is 0 Å². The molecule has 0 aliphatic carbocycles. The Bertz CT molecular complexity index is 431. The summed E-state index contributed by atoms with van der Waals surface area (Å²) in [4.78, 5) is 13.7. The van der Waals surface area contributed by atoms with Crippen molar-refractivity contribution in [3.63, 3.8) is 0 Å². The van der Waals surface area contributed by atoms with Crippen LogP contribution < -0.4 is 5.32 Å². The van der Waals surface area contributed by atoms with Gasteiger partial charge in [0.1, 0.15) is 0 Å². The molecule has 98 valence electrons. The van der Waals surface area contributed by atoms with Crippen molar-refractivity contribution in [2.45, 2.75) is 6.92 Å². The standard InChI is InChI=1S/C13H17ClN2O2/c1-10-2-3-11(8-12(10)14)15-9-13(17)16-4-6-18-7-5-16/h2-3,8,15H,4-7,9H2,1H3. The van der Waals surface area contributed by atoms with Gasteiger partial charge < -0.3 is 15.0 Å². The summed E-state index contributed by atoms with van der Waals surface area (Å²) in [6, 6.07) is 5.70. The average molecular weight is 269 g/mol. The van der Waals surface area contributed by atoms with Crippen LogP contribution in [-0.2, 0) is 9.53 Å². The Labute approximate surface area is 112 Å². The summed E-state index contributed by atoms with van der Waals surface area (Å²) in [6.07, 6.45) is 0. The normalized spacial score (nSPS) is 15.6. The largest absolute Gasteiger partial charge is 0.378 e. The second-order valence-electron chi connectivity index (χ2n) is 4.31. The van der Waals surface area contributed by atoms with Crippen LogP contribution in [0.2, 0.25) is 5.02 Å². The van der Waals surface area contributed by atoms with Crippen molar-refractivity contribution < 1.29 is 9.53 Å². The number of carbonyl (C=O) groups excluding carboxylic acids is 1. The number of nitrogens with zero attached hydrogens (tertiary/aromatic N) is 1. The molecule has 1 aromatic rings. The van der Waals surface area contributed by atoms with E-state index in [1.54, 1.807) is 0 Å². The Hall–Kier alpha value is -1.26. The van der Waals surface area contributed by atoms with Gasteiger partial charge in [0, 0.05) is 23.8 Å². The molecule has 1 fully saturated rings. The Morgan fingerprint density at radius 1 is 1.44 bits per heavy atom. The van der Waals surface area contributed by atoms with Crippen LogP contribution in [0.4, 0.5) is 5.69 Å². The number of carbonyl (C=O) groups is 1. The fourth-order valence-corrected chi connectivity index (χ4v) is 1.99. The lowest BCUT2D eigenvalue weighted by Gasteiger charge is -2.27. The Kier molecular flexibility index (Phi) is 4.44. The zero-order valence-corrected chi connectivity index (χ0v) is 11.2. The second kappa shape index (κ2) is 6.07. The van der Waals surface area contributed by atoms with Crippen LogP contribution in [0.3, 0.4) is 0 Å². The number of aryl methyl sites for hydroxylation is 1.